The Kier molecular flexibility index (Phi) is 6.05. The molecule has 0 unspecified atom stereocenters. The molecule has 1 aromatic carbocycles. The molecule has 2 N–H and O–H groups in total. The quantitative estimate of drug-likeness (QED) is 0.751. The Morgan fingerprint density at radius 1 is 1.17 bits per heavy atom. The molecule has 2 aromatic rings. The first kappa shape index (κ1) is 22.4. The van der Waals surface area contributed by atoms with E-state index in [2.05, 4.69) is 15.3 Å². The smallest absolute Gasteiger partial charge is 0.348 e. The van der Waals surface area contributed by atoms with Crippen LogP contribution < -0.4 is 15.8 Å². The lowest BCUT2D eigenvalue weighted by molar-refractivity contribution is -0.140. The summed E-state index contributed by atoms with van der Waals surface area (Å²) < 4.78 is 52.6. The van der Waals surface area contributed by atoms with Gasteiger partial charge in [0.2, 0.25) is 5.95 Å². The van der Waals surface area contributed by atoms with Crippen LogP contribution in [-0.4, -0.2) is 30.0 Å². The van der Waals surface area contributed by atoms with Crippen LogP contribution in [0.5, 0.6) is 0 Å². The molecule has 0 aliphatic rings. The number of alkyl halides is 3. The first-order valence-electron chi connectivity index (χ1n) is 8.66. The van der Waals surface area contributed by atoms with Crippen molar-refractivity contribution in [2.24, 2.45) is 5.41 Å². The van der Waals surface area contributed by atoms with Crippen molar-refractivity contribution in [1.29, 1.82) is 0 Å². The average Bonchev–Trinajstić information content (AvgIpc) is 2.56. The van der Waals surface area contributed by atoms with Gasteiger partial charge in [0.1, 0.15) is 11.5 Å². The van der Waals surface area contributed by atoms with E-state index >= 15 is 0 Å². The second-order valence-corrected chi connectivity index (χ2v) is 7.86. The molecule has 0 spiro atoms. The van der Waals surface area contributed by atoms with Crippen LogP contribution in [0.1, 0.15) is 48.4 Å². The van der Waals surface area contributed by atoms with Crippen LogP contribution in [0.15, 0.2) is 29.1 Å². The van der Waals surface area contributed by atoms with E-state index < -0.39 is 40.5 Å². The lowest BCUT2D eigenvalue weighted by Gasteiger charge is -2.32. The zero-order valence-electron chi connectivity index (χ0n) is 16.6. The minimum atomic E-state index is -4.82. The van der Waals surface area contributed by atoms with Gasteiger partial charge in [-0.3, -0.25) is 14.6 Å². The molecule has 1 aromatic heterocycles. The number of benzene rings is 1. The number of carbonyl (C=O) groups is 1. The van der Waals surface area contributed by atoms with Gasteiger partial charge in [0, 0.05) is 20.2 Å². The van der Waals surface area contributed by atoms with Gasteiger partial charge in [-0.25, -0.2) is 9.37 Å². The number of H-pyrrole nitrogens is 1. The number of hydrogen-bond donors (Lipinski definition) is 2. The third-order valence-electron chi connectivity index (χ3n) is 4.16. The zero-order chi connectivity index (χ0) is 22.1. The molecule has 0 radical (unpaired) electrons. The molecule has 0 bridgehead atoms. The third kappa shape index (κ3) is 5.33. The minimum absolute atomic E-state index is 0.161. The predicted molar refractivity (Wildman–Crippen MR) is 100 cm³/mol. The first-order valence-corrected chi connectivity index (χ1v) is 8.66. The Labute approximate surface area is 165 Å². The van der Waals surface area contributed by atoms with Crippen molar-refractivity contribution in [2.45, 2.75) is 33.0 Å². The van der Waals surface area contributed by atoms with Crippen LogP contribution in [0.25, 0.3) is 0 Å². The van der Waals surface area contributed by atoms with Crippen LogP contribution in [0.4, 0.5) is 23.5 Å². The molecule has 158 valence electrons. The summed E-state index contributed by atoms with van der Waals surface area (Å²) in [4.78, 5) is 32.5. The highest BCUT2D eigenvalue weighted by Crippen LogP contribution is 2.37. The zero-order valence-corrected chi connectivity index (χ0v) is 16.6. The highest BCUT2D eigenvalue weighted by Gasteiger charge is 2.35. The number of aromatic amines is 1. The van der Waals surface area contributed by atoms with Gasteiger partial charge in [-0.15, -0.1) is 0 Å². The number of carbonyl (C=O) groups excluding carboxylic acids is 1. The molecule has 10 heteroatoms. The largest absolute Gasteiger partial charge is 0.419 e. The van der Waals surface area contributed by atoms with Crippen molar-refractivity contribution in [3.63, 3.8) is 0 Å². The first-order chi connectivity index (χ1) is 13.2. The van der Waals surface area contributed by atoms with E-state index in [-0.39, 0.29) is 17.2 Å². The average molecular weight is 414 g/mol. The van der Waals surface area contributed by atoms with Crippen LogP contribution >= 0.6 is 0 Å². The van der Waals surface area contributed by atoms with E-state index in [1.165, 1.54) is 4.90 Å². The van der Waals surface area contributed by atoms with E-state index in [1.807, 2.05) is 0 Å². The van der Waals surface area contributed by atoms with Gasteiger partial charge in [0.15, 0.2) is 0 Å². The maximum absolute atomic E-state index is 14.1. The van der Waals surface area contributed by atoms with Crippen molar-refractivity contribution in [3.8, 4) is 0 Å². The highest BCUT2D eigenvalue weighted by molar-refractivity contribution is 5.92. The van der Waals surface area contributed by atoms with Crippen LogP contribution in [-0.2, 0) is 6.18 Å². The lowest BCUT2D eigenvalue weighted by atomic mass is 9.82. The van der Waals surface area contributed by atoms with Gasteiger partial charge >= 0.3 is 6.18 Å². The highest BCUT2D eigenvalue weighted by atomic mass is 19.4. The summed E-state index contributed by atoms with van der Waals surface area (Å²) in [6.07, 6.45) is -4.82. The molecule has 0 aliphatic carbocycles. The van der Waals surface area contributed by atoms with E-state index in [4.69, 9.17) is 0 Å². The van der Waals surface area contributed by atoms with Crippen molar-refractivity contribution >= 4 is 11.9 Å². The molecule has 0 saturated carbocycles. The van der Waals surface area contributed by atoms with Crippen LogP contribution in [0, 0.1) is 11.2 Å². The van der Waals surface area contributed by atoms with Crippen molar-refractivity contribution < 1.29 is 22.4 Å². The molecule has 29 heavy (non-hydrogen) atoms. The Balaban J connectivity index is 2.42. The van der Waals surface area contributed by atoms with Crippen molar-refractivity contribution in [2.75, 3.05) is 19.0 Å². The number of anilines is 1. The lowest BCUT2D eigenvalue weighted by Crippen LogP contribution is -2.38. The van der Waals surface area contributed by atoms with Crippen molar-refractivity contribution in [1.82, 2.24) is 15.3 Å². The van der Waals surface area contributed by atoms with Gasteiger partial charge in [-0.1, -0.05) is 26.8 Å². The fraction of sp³-hybridized carbons (Fsp3) is 0.421. The van der Waals surface area contributed by atoms with Crippen LogP contribution in [0.3, 0.4) is 0 Å². The molecule has 0 saturated heterocycles. The van der Waals surface area contributed by atoms with E-state index in [9.17, 15) is 27.2 Å². The molecule has 6 nitrogen and oxygen atoms in total. The summed E-state index contributed by atoms with van der Waals surface area (Å²) in [5, 5.41) is 2.65. The standard InChI is InChI=1S/C19H22F4N4O2/c1-18(2,3)15(10-6-7-11(12(20)8-10)19(21,22)23)26-16(29)13-9-14(28)25-17(24-13)27(4)5/h6-9,15H,1-5H3,(H,26,29)(H,24,25,28)/t15-/m0/s1. The fourth-order valence-corrected chi connectivity index (χ4v) is 2.72. The maximum atomic E-state index is 14.1. The molecule has 1 atom stereocenters. The summed E-state index contributed by atoms with van der Waals surface area (Å²) in [5.41, 5.74) is -2.60. The summed E-state index contributed by atoms with van der Waals surface area (Å²) >= 11 is 0. The second-order valence-electron chi connectivity index (χ2n) is 7.86. The topological polar surface area (TPSA) is 78.1 Å². The predicted octanol–water partition coefficient (Wildman–Crippen LogP) is 3.51. The summed E-state index contributed by atoms with van der Waals surface area (Å²) in [6.45, 7) is 5.22. The fourth-order valence-electron chi connectivity index (χ4n) is 2.72. The molecule has 0 aliphatic heterocycles. The Morgan fingerprint density at radius 2 is 1.79 bits per heavy atom. The Morgan fingerprint density at radius 3 is 2.28 bits per heavy atom. The van der Waals surface area contributed by atoms with E-state index in [0.29, 0.717) is 6.07 Å². The third-order valence-corrected chi connectivity index (χ3v) is 4.16. The number of halogens is 4. The summed E-state index contributed by atoms with van der Waals surface area (Å²) in [7, 11) is 3.26. The maximum Gasteiger partial charge on any atom is 0.419 e. The number of amides is 1. The number of rotatable bonds is 4. The summed E-state index contributed by atoms with van der Waals surface area (Å²) in [5.74, 6) is -1.97. The molecule has 1 heterocycles. The van der Waals surface area contributed by atoms with Gasteiger partial charge in [0.25, 0.3) is 11.5 Å². The summed E-state index contributed by atoms with van der Waals surface area (Å²) in [6, 6.07) is 2.70. The monoisotopic (exact) mass is 414 g/mol. The molecule has 2 rings (SSSR count). The SMILES string of the molecule is CN(C)c1nc(C(=O)N[C@@H](c2ccc(C(F)(F)F)c(F)c2)C(C)(C)C)cc(=O)[nH]1. The van der Waals surface area contributed by atoms with E-state index in [0.717, 1.165) is 18.2 Å². The minimum Gasteiger partial charge on any atom is -0.348 e. The molecular weight excluding hydrogens is 392 g/mol. The molecule has 0 fully saturated rings. The van der Waals surface area contributed by atoms with E-state index in [1.54, 1.807) is 34.9 Å². The van der Waals surface area contributed by atoms with Gasteiger partial charge < -0.3 is 10.2 Å². The Hall–Kier alpha value is -2.91. The van der Waals surface area contributed by atoms with Crippen molar-refractivity contribution in [3.05, 3.63) is 57.3 Å². The normalized spacial score (nSPS) is 13.1. The number of nitrogens with zero attached hydrogens (tertiary/aromatic N) is 2. The number of nitrogens with one attached hydrogen (secondary N) is 2. The molecule has 1 amide bonds. The number of aromatic nitrogens is 2. The number of hydrogen-bond acceptors (Lipinski definition) is 4. The molecular formula is C19H22F4N4O2. The Bertz CT molecular complexity index is 962. The van der Waals surface area contributed by atoms with Crippen LogP contribution in [0.2, 0.25) is 0 Å². The van der Waals surface area contributed by atoms with Gasteiger partial charge in [-0.2, -0.15) is 13.2 Å². The van der Waals surface area contributed by atoms with Gasteiger partial charge in [0.05, 0.1) is 11.6 Å². The van der Waals surface area contributed by atoms with Gasteiger partial charge in [-0.05, 0) is 23.1 Å². The second kappa shape index (κ2) is 7.84.